The predicted molar refractivity (Wildman–Crippen MR) is 77.6 cm³/mol. The molecule has 2 heterocycles. The summed E-state index contributed by atoms with van der Waals surface area (Å²) in [5.41, 5.74) is 0. The molecule has 0 atom stereocenters. The second kappa shape index (κ2) is 7.23. The lowest BCUT2D eigenvalue weighted by molar-refractivity contribution is 0.425. The largest absolute Gasteiger partial charge is 0.355 e. The maximum Gasteiger partial charge on any atom is 0.244 e. The first kappa shape index (κ1) is 14.0. The van der Waals surface area contributed by atoms with E-state index in [1.165, 1.54) is 25.7 Å². The van der Waals surface area contributed by atoms with Gasteiger partial charge in [-0.15, -0.1) is 5.10 Å². The summed E-state index contributed by atoms with van der Waals surface area (Å²) in [6.07, 6.45) is 6.90. The Labute approximate surface area is 115 Å². The van der Waals surface area contributed by atoms with Crippen molar-refractivity contribution in [2.24, 2.45) is 0 Å². The van der Waals surface area contributed by atoms with Gasteiger partial charge in [-0.1, -0.05) is 12.8 Å². The van der Waals surface area contributed by atoms with Crippen molar-refractivity contribution < 1.29 is 0 Å². The van der Waals surface area contributed by atoms with Gasteiger partial charge in [0, 0.05) is 26.2 Å². The molecule has 6 heteroatoms. The van der Waals surface area contributed by atoms with Gasteiger partial charge in [-0.25, -0.2) is 0 Å². The highest BCUT2D eigenvalue weighted by Crippen LogP contribution is 2.16. The van der Waals surface area contributed by atoms with Crippen molar-refractivity contribution in [1.29, 1.82) is 0 Å². The normalized spacial score (nSPS) is 16.5. The standard InChI is InChI=1S/C13H24N6/c1-18(2)10-7-14-13-16-12(11-15-17-13)19-8-5-3-4-6-9-19/h11H,3-10H2,1-2H3,(H,14,16,17). The van der Waals surface area contributed by atoms with Gasteiger partial charge >= 0.3 is 0 Å². The van der Waals surface area contributed by atoms with E-state index in [-0.39, 0.29) is 0 Å². The molecule has 0 saturated carbocycles. The molecule has 1 aliphatic heterocycles. The first-order valence-electron chi connectivity index (χ1n) is 7.09. The van der Waals surface area contributed by atoms with Gasteiger partial charge in [0.15, 0.2) is 5.82 Å². The lowest BCUT2D eigenvalue weighted by atomic mass is 10.2. The third-order valence-electron chi connectivity index (χ3n) is 3.32. The first-order chi connectivity index (χ1) is 9.25. The van der Waals surface area contributed by atoms with Gasteiger partial charge in [0.1, 0.15) is 0 Å². The van der Waals surface area contributed by atoms with Gasteiger partial charge in [0.25, 0.3) is 0 Å². The van der Waals surface area contributed by atoms with Crippen molar-refractivity contribution >= 4 is 11.8 Å². The van der Waals surface area contributed by atoms with Gasteiger partial charge in [-0.3, -0.25) is 0 Å². The Kier molecular flexibility index (Phi) is 5.32. The van der Waals surface area contributed by atoms with Crippen LogP contribution in [0.5, 0.6) is 0 Å². The zero-order valence-corrected chi connectivity index (χ0v) is 12.0. The van der Waals surface area contributed by atoms with Gasteiger partial charge in [0.05, 0.1) is 6.20 Å². The van der Waals surface area contributed by atoms with E-state index in [0.29, 0.717) is 5.95 Å². The van der Waals surface area contributed by atoms with E-state index >= 15 is 0 Å². The molecule has 1 aromatic rings. The smallest absolute Gasteiger partial charge is 0.244 e. The van der Waals surface area contributed by atoms with E-state index in [2.05, 4.69) is 44.4 Å². The van der Waals surface area contributed by atoms with Gasteiger partial charge in [0.2, 0.25) is 5.95 Å². The van der Waals surface area contributed by atoms with Crippen molar-refractivity contribution in [3.63, 3.8) is 0 Å². The van der Waals surface area contributed by atoms with E-state index in [1.54, 1.807) is 6.20 Å². The summed E-state index contributed by atoms with van der Waals surface area (Å²) in [5, 5.41) is 11.3. The average Bonchev–Trinajstić information content (AvgIpc) is 2.67. The van der Waals surface area contributed by atoms with Crippen LogP contribution in [0.25, 0.3) is 0 Å². The third kappa shape index (κ3) is 4.63. The SMILES string of the molecule is CN(C)CCNc1nncc(N2CCCCCC2)n1. The van der Waals surface area contributed by atoms with Crippen LogP contribution < -0.4 is 10.2 Å². The summed E-state index contributed by atoms with van der Waals surface area (Å²) in [7, 11) is 4.10. The number of hydrogen-bond acceptors (Lipinski definition) is 6. The summed E-state index contributed by atoms with van der Waals surface area (Å²) in [5.74, 6) is 1.58. The van der Waals surface area contributed by atoms with Crippen molar-refractivity contribution in [3.05, 3.63) is 6.20 Å². The van der Waals surface area contributed by atoms with Gasteiger partial charge in [-0.2, -0.15) is 10.1 Å². The average molecular weight is 264 g/mol. The van der Waals surface area contributed by atoms with E-state index < -0.39 is 0 Å². The minimum absolute atomic E-state index is 0.628. The highest BCUT2D eigenvalue weighted by atomic mass is 15.3. The fraction of sp³-hybridized carbons (Fsp3) is 0.769. The van der Waals surface area contributed by atoms with Crippen molar-refractivity contribution in [2.75, 3.05) is 50.5 Å². The summed E-state index contributed by atoms with van der Waals surface area (Å²) < 4.78 is 0. The molecular weight excluding hydrogens is 240 g/mol. The van der Waals surface area contributed by atoms with Crippen LogP contribution in [0.4, 0.5) is 11.8 Å². The van der Waals surface area contributed by atoms with Crippen LogP contribution in [0.1, 0.15) is 25.7 Å². The zero-order chi connectivity index (χ0) is 13.5. The highest BCUT2D eigenvalue weighted by molar-refractivity contribution is 5.40. The van der Waals surface area contributed by atoms with Crippen molar-refractivity contribution in [1.82, 2.24) is 20.1 Å². The number of rotatable bonds is 5. The predicted octanol–water partition coefficient (Wildman–Crippen LogP) is 1.23. The number of nitrogens with one attached hydrogen (secondary N) is 1. The first-order valence-corrected chi connectivity index (χ1v) is 7.09. The minimum atomic E-state index is 0.628. The monoisotopic (exact) mass is 264 g/mol. The molecule has 1 aliphatic rings. The Bertz CT molecular complexity index is 373. The topological polar surface area (TPSA) is 57.2 Å². The van der Waals surface area contributed by atoms with Gasteiger partial charge in [-0.05, 0) is 26.9 Å². The second-order valence-corrected chi connectivity index (χ2v) is 5.27. The molecule has 6 nitrogen and oxygen atoms in total. The van der Waals surface area contributed by atoms with Crippen LogP contribution in [-0.4, -0.2) is 60.4 Å². The molecule has 0 bridgehead atoms. The Morgan fingerprint density at radius 2 is 1.95 bits per heavy atom. The number of hydrogen-bond donors (Lipinski definition) is 1. The minimum Gasteiger partial charge on any atom is -0.355 e. The van der Waals surface area contributed by atoms with E-state index in [0.717, 1.165) is 32.0 Å². The van der Waals surface area contributed by atoms with Crippen molar-refractivity contribution in [2.45, 2.75) is 25.7 Å². The van der Waals surface area contributed by atoms with Crippen LogP contribution in [0.2, 0.25) is 0 Å². The van der Waals surface area contributed by atoms with E-state index in [4.69, 9.17) is 0 Å². The zero-order valence-electron chi connectivity index (χ0n) is 12.0. The Hall–Kier alpha value is -1.43. The second-order valence-electron chi connectivity index (χ2n) is 5.27. The van der Waals surface area contributed by atoms with Crippen LogP contribution in [0, 0.1) is 0 Å². The fourth-order valence-corrected chi connectivity index (χ4v) is 2.21. The van der Waals surface area contributed by atoms with Crippen LogP contribution in [0.3, 0.4) is 0 Å². The Morgan fingerprint density at radius 1 is 1.21 bits per heavy atom. The number of aromatic nitrogens is 3. The lowest BCUT2D eigenvalue weighted by Crippen LogP contribution is -2.26. The molecule has 1 aromatic heterocycles. The Balaban J connectivity index is 1.93. The third-order valence-corrected chi connectivity index (χ3v) is 3.32. The van der Waals surface area contributed by atoms with Gasteiger partial charge < -0.3 is 15.1 Å². The molecule has 0 spiro atoms. The number of likely N-dealkylation sites (N-methyl/N-ethyl adjacent to an activating group) is 1. The number of nitrogens with zero attached hydrogens (tertiary/aromatic N) is 5. The molecule has 2 rings (SSSR count). The van der Waals surface area contributed by atoms with E-state index in [9.17, 15) is 0 Å². The molecule has 106 valence electrons. The molecule has 19 heavy (non-hydrogen) atoms. The molecule has 0 unspecified atom stereocenters. The maximum absolute atomic E-state index is 4.56. The molecule has 1 N–H and O–H groups in total. The summed E-state index contributed by atoms with van der Waals surface area (Å²) >= 11 is 0. The fourth-order valence-electron chi connectivity index (χ4n) is 2.21. The van der Waals surface area contributed by atoms with Crippen LogP contribution >= 0.6 is 0 Å². The Morgan fingerprint density at radius 3 is 2.63 bits per heavy atom. The molecule has 1 fully saturated rings. The van der Waals surface area contributed by atoms with Crippen LogP contribution in [0.15, 0.2) is 6.20 Å². The molecule has 0 aliphatic carbocycles. The van der Waals surface area contributed by atoms with Crippen LogP contribution in [-0.2, 0) is 0 Å². The maximum atomic E-state index is 4.56. The summed E-state index contributed by atoms with van der Waals surface area (Å²) in [6.45, 7) is 3.95. The van der Waals surface area contributed by atoms with E-state index in [1.807, 2.05) is 0 Å². The lowest BCUT2D eigenvalue weighted by Gasteiger charge is -2.21. The molecule has 1 saturated heterocycles. The van der Waals surface area contributed by atoms with Crippen molar-refractivity contribution in [3.8, 4) is 0 Å². The molecular formula is C13H24N6. The summed E-state index contributed by atoms with van der Waals surface area (Å²) in [4.78, 5) is 9.00. The number of anilines is 2. The molecule has 0 radical (unpaired) electrons. The quantitative estimate of drug-likeness (QED) is 0.863. The molecule has 0 amide bonds. The summed E-state index contributed by atoms with van der Waals surface area (Å²) in [6, 6.07) is 0. The highest BCUT2D eigenvalue weighted by Gasteiger charge is 2.12. The molecule has 0 aromatic carbocycles.